The van der Waals surface area contributed by atoms with Gasteiger partial charge in [0.05, 0.1) is 6.21 Å². The van der Waals surface area contributed by atoms with Crippen LogP contribution in [0.15, 0.2) is 47.6 Å². The Morgan fingerprint density at radius 3 is 2.52 bits per heavy atom. The summed E-state index contributed by atoms with van der Waals surface area (Å²) >= 11 is 0. The summed E-state index contributed by atoms with van der Waals surface area (Å²) in [5, 5.41) is 16.7. The van der Waals surface area contributed by atoms with E-state index in [2.05, 4.69) is 20.7 Å². The Labute approximate surface area is 158 Å². The zero-order chi connectivity index (χ0) is 19.8. The van der Waals surface area contributed by atoms with Crippen molar-refractivity contribution < 1.29 is 14.7 Å². The fourth-order valence-electron chi connectivity index (χ4n) is 2.59. The lowest BCUT2D eigenvalue weighted by atomic mass is 10.2. The van der Waals surface area contributed by atoms with Gasteiger partial charge in [0, 0.05) is 48.6 Å². The zero-order valence-corrected chi connectivity index (χ0v) is 15.7. The third-order valence-electron chi connectivity index (χ3n) is 3.96. The molecule has 0 atom stereocenters. The molecular weight excluding hydrogens is 344 g/mol. The highest BCUT2D eigenvalue weighted by Gasteiger charge is 2.07. The van der Waals surface area contributed by atoms with Gasteiger partial charge in [-0.05, 0) is 44.2 Å². The van der Waals surface area contributed by atoms with Crippen molar-refractivity contribution in [2.24, 2.45) is 5.10 Å². The molecule has 2 amide bonds. The van der Waals surface area contributed by atoms with Crippen molar-refractivity contribution in [1.29, 1.82) is 0 Å². The van der Waals surface area contributed by atoms with Crippen LogP contribution in [-0.4, -0.2) is 36.2 Å². The molecule has 0 saturated heterocycles. The Balaban J connectivity index is 2.04. The maximum absolute atomic E-state index is 12.2. The van der Waals surface area contributed by atoms with Crippen LogP contribution in [0.25, 0.3) is 0 Å². The first-order valence-electron chi connectivity index (χ1n) is 8.73. The van der Waals surface area contributed by atoms with E-state index in [1.54, 1.807) is 36.4 Å². The van der Waals surface area contributed by atoms with Crippen LogP contribution in [0.5, 0.6) is 5.75 Å². The number of hydrogen-bond acceptors (Lipinski definition) is 5. The van der Waals surface area contributed by atoms with Crippen molar-refractivity contribution in [3.8, 4) is 5.75 Å². The van der Waals surface area contributed by atoms with E-state index < -0.39 is 5.91 Å². The van der Waals surface area contributed by atoms with Crippen molar-refractivity contribution in [1.82, 2.24) is 5.43 Å². The maximum Gasteiger partial charge on any atom is 0.271 e. The maximum atomic E-state index is 12.2. The number of benzene rings is 2. The Bertz CT molecular complexity index is 845. The average Bonchev–Trinajstić information content (AvgIpc) is 2.64. The molecule has 7 nitrogen and oxygen atoms in total. The number of nitrogens with zero attached hydrogens (tertiary/aromatic N) is 2. The number of hydrazone groups is 1. The highest BCUT2D eigenvalue weighted by molar-refractivity contribution is 5.97. The van der Waals surface area contributed by atoms with Gasteiger partial charge in [0.1, 0.15) is 5.75 Å². The lowest BCUT2D eigenvalue weighted by Crippen LogP contribution is -2.21. The summed E-state index contributed by atoms with van der Waals surface area (Å²) in [6.07, 6.45) is 1.39. The SMILES string of the molecule is CCN(CC)c1ccc(/C=N\NC(=O)c2cccc(NC(C)=O)c2)c(O)c1. The van der Waals surface area contributed by atoms with Crippen molar-refractivity contribution >= 4 is 29.4 Å². The normalized spacial score (nSPS) is 10.6. The first-order valence-corrected chi connectivity index (χ1v) is 8.73. The number of phenols is 1. The van der Waals surface area contributed by atoms with E-state index in [1.165, 1.54) is 13.1 Å². The monoisotopic (exact) mass is 368 g/mol. The van der Waals surface area contributed by atoms with Crippen LogP contribution >= 0.6 is 0 Å². The van der Waals surface area contributed by atoms with Crippen molar-refractivity contribution in [3.63, 3.8) is 0 Å². The molecule has 7 heteroatoms. The van der Waals surface area contributed by atoms with Crippen LogP contribution in [0, 0.1) is 0 Å². The molecule has 0 aliphatic rings. The predicted molar refractivity (Wildman–Crippen MR) is 107 cm³/mol. The molecule has 142 valence electrons. The van der Waals surface area contributed by atoms with Crippen LogP contribution in [-0.2, 0) is 4.79 Å². The second kappa shape index (κ2) is 9.38. The van der Waals surface area contributed by atoms with Gasteiger partial charge in [-0.2, -0.15) is 5.10 Å². The van der Waals surface area contributed by atoms with Gasteiger partial charge < -0.3 is 15.3 Å². The molecular formula is C20H24N4O3. The summed E-state index contributed by atoms with van der Waals surface area (Å²) in [5.74, 6) is -0.544. The number of hydrogen-bond donors (Lipinski definition) is 3. The summed E-state index contributed by atoms with van der Waals surface area (Å²) in [7, 11) is 0. The highest BCUT2D eigenvalue weighted by atomic mass is 16.3. The number of anilines is 2. The van der Waals surface area contributed by atoms with Gasteiger partial charge in [0.2, 0.25) is 5.91 Å². The van der Waals surface area contributed by atoms with Gasteiger partial charge in [0.25, 0.3) is 5.91 Å². The molecule has 27 heavy (non-hydrogen) atoms. The fraction of sp³-hybridized carbons (Fsp3) is 0.250. The van der Waals surface area contributed by atoms with Gasteiger partial charge in [-0.25, -0.2) is 5.43 Å². The second-order valence-electron chi connectivity index (χ2n) is 5.88. The molecule has 0 aliphatic heterocycles. The van der Waals surface area contributed by atoms with Crippen molar-refractivity contribution in [2.75, 3.05) is 23.3 Å². The van der Waals surface area contributed by atoms with Gasteiger partial charge in [-0.15, -0.1) is 0 Å². The molecule has 0 radical (unpaired) electrons. The van der Waals surface area contributed by atoms with Crippen molar-refractivity contribution in [2.45, 2.75) is 20.8 Å². The molecule has 0 spiro atoms. The predicted octanol–water partition coefficient (Wildman–Crippen LogP) is 2.96. The number of phenolic OH excluding ortho intramolecular Hbond substituents is 1. The second-order valence-corrected chi connectivity index (χ2v) is 5.88. The zero-order valence-electron chi connectivity index (χ0n) is 15.7. The lowest BCUT2D eigenvalue weighted by molar-refractivity contribution is -0.114. The van der Waals surface area contributed by atoms with Gasteiger partial charge in [0.15, 0.2) is 0 Å². The summed E-state index contributed by atoms with van der Waals surface area (Å²) in [6, 6.07) is 11.9. The fourth-order valence-corrected chi connectivity index (χ4v) is 2.59. The number of carbonyl (C=O) groups is 2. The Hall–Kier alpha value is -3.35. The van der Waals surface area contributed by atoms with E-state index in [0.717, 1.165) is 18.8 Å². The molecule has 0 saturated carbocycles. The standard InChI is InChI=1S/C20H24N4O3/c1-4-24(5-2)18-10-9-16(19(26)12-18)13-21-23-20(27)15-7-6-8-17(11-15)22-14(3)25/h6-13,26H,4-5H2,1-3H3,(H,22,25)(H,23,27)/b21-13-. The van der Waals surface area contributed by atoms with E-state index in [1.807, 2.05) is 19.9 Å². The van der Waals surface area contributed by atoms with E-state index in [0.29, 0.717) is 16.8 Å². The molecule has 0 fully saturated rings. The number of amides is 2. The Morgan fingerprint density at radius 1 is 1.15 bits per heavy atom. The van der Waals surface area contributed by atoms with Crippen LogP contribution < -0.4 is 15.6 Å². The molecule has 0 heterocycles. The molecule has 2 rings (SSSR count). The van der Waals surface area contributed by atoms with E-state index >= 15 is 0 Å². The topological polar surface area (TPSA) is 94.0 Å². The van der Waals surface area contributed by atoms with Crippen LogP contribution in [0.3, 0.4) is 0 Å². The minimum absolute atomic E-state index is 0.0880. The number of carbonyl (C=O) groups excluding carboxylic acids is 2. The highest BCUT2D eigenvalue weighted by Crippen LogP contribution is 2.23. The molecule has 0 unspecified atom stereocenters. The molecule has 3 N–H and O–H groups in total. The summed E-state index contributed by atoms with van der Waals surface area (Å²) in [5.41, 5.74) is 4.73. The molecule has 2 aromatic carbocycles. The van der Waals surface area contributed by atoms with Gasteiger partial charge in [-0.3, -0.25) is 9.59 Å². The van der Waals surface area contributed by atoms with E-state index in [9.17, 15) is 14.7 Å². The van der Waals surface area contributed by atoms with E-state index in [-0.39, 0.29) is 11.7 Å². The minimum atomic E-state index is -0.419. The van der Waals surface area contributed by atoms with E-state index in [4.69, 9.17) is 0 Å². The summed E-state index contributed by atoms with van der Waals surface area (Å²) in [6.45, 7) is 7.18. The van der Waals surface area contributed by atoms with Crippen LogP contribution in [0.1, 0.15) is 36.7 Å². The van der Waals surface area contributed by atoms with Crippen LogP contribution in [0.2, 0.25) is 0 Å². The first kappa shape index (κ1) is 20.0. The summed E-state index contributed by atoms with van der Waals surface area (Å²) < 4.78 is 0. The smallest absolute Gasteiger partial charge is 0.271 e. The third-order valence-corrected chi connectivity index (χ3v) is 3.96. The first-order chi connectivity index (χ1) is 12.9. The quantitative estimate of drug-likeness (QED) is 0.517. The third kappa shape index (κ3) is 5.57. The van der Waals surface area contributed by atoms with Crippen LogP contribution in [0.4, 0.5) is 11.4 Å². The average molecular weight is 368 g/mol. The molecule has 2 aromatic rings. The lowest BCUT2D eigenvalue weighted by Gasteiger charge is -2.21. The Morgan fingerprint density at radius 2 is 1.89 bits per heavy atom. The largest absolute Gasteiger partial charge is 0.507 e. The number of rotatable bonds is 7. The van der Waals surface area contributed by atoms with Crippen molar-refractivity contribution in [3.05, 3.63) is 53.6 Å². The molecule has 0 aromatic heterocycles. The Kier molecular flexibility index (Phi) is 6.93. The molecule has 0 bridgehead atoms. The number of nitrogens with one attached hydrogen (secondary N) is 2. The van der Waals surface area contributed by atoms with Gasteiger partial charge >= 0.3 is 0 Å². The minimum Gasteiger partial charge on any atom is -0.507 e. The number of aromatic hydroxyl groups is 1. The molecule has 0 aliphatic carbocycles. The summed E-state index contributed by atoms with van der Waals surface area (Å²) in [4.78, 5) is 25.4. The van der Waals surface area contributed by atoms with Gasteiger partial charge in [-0.1, -0.05) is 6.07 Å².